The van der Waals surface area contributed by atoms with E-state index in [1.54, 1.807) is 53.1 Å². The molecule has 3 aromatic rings. The van der Waals surface area contributed by atoms with Crippen molar-refractivity contribution in [2.45, 2.75) is 25.0 Å². The summed E-state index contributed by atoms with van der Waals surface area (Å²) in [6, 6.07) is 13.4. The first-order valence-electron chi connectivity index (χ1n) is 9.89. The van der Waals surface area contributed by atoms with Crippen molar-refractivity contribution < 1.29 is 9.59 Å². The molecule has 0 saturated carbocycles. The van der Waals surface area contributed by atoms with Crippen molar-refractivity contribution in [3.8, 4) is 0 Å². The van der Waals surface area contributed by atoms with Gasteiger partial charge in [0.1, 0.15) is 0 Å². The van der Waals surface area contributed by atoms with Crippen LogP contribution in [0.25, 0.3) is 0 Å². The van der Waals surface area contributed by atoms with Gasteiger partial charge in [-0.2, -0.15) is 0 Å². The zero-order chi connectivity index (χ0) is 23.3. The number of carbonyl (C=O) groups excluding carboxylic acids is 2. The maximum absolute atomic E-state index is 12.8. The zero-order valence-electron chi connectivity index (χ0n) is 17.8. The molecular formula is C22H23Cl2N5O2S. The third kappa shape index (κ3) is 6.03. The molecule has 32 heavy (non-hydrogen) atoms. The van der Waals surface area contributed by atoms with E-state index in [-0.39, 0.29) is 29.5 Å². The van der Waals surface area contributed by atoms with Crippen LogP contribution in [0.15, 0.2) is 53.7 Å². The van der Waals surface area contributed by atoms with Crippen LogP contribution < -0.4 is 10.6 Å². The minimum absolute atomic E-state index is 0.0494. The number of hydrogen-bond acceptors (Lipinski definition) is 5. The number of rotatable bonds is 8. The Morgan fingerprint density at radius 1 is 1.09 bits per heavy atom. The average Bonchev–Trinajstić information content (AvgIpc) is 3.10. The Morgan fingerprint density at radius 2 is 1.84 bits per heavy atom. The summed E-state index contributed by atoms with van der Waals surface area (Å²) in [6.45, 7) is 3.97. The number of anilines is 1. The Kier molecular flexibility index (Phi) is 8.17. The quantitative estimate of drug-likeness (QED) is 0.433. The lowest BCUT2D eigenvalue weighted by atomic mass is 10.0. The van der Waals surface area contributed by atoms with Crippen LogP contribution in [-0.4, -0.2) is 32.3 Å². The summed E-state index contributed by atoms with van der Waals surface area (Å²) in [5, 5.41) is 15.8. The molecular weight excluding hydrogens is 469 g/mol. The molecule has 0 fully saturated rings. The van der Waals surface area contributed by atoms with Crippen molar-refractivity contribution in [1.82, 2.24) is 20.1 Å². The van der Waals surface area contributed by atoms with Crippen LogP contribution in [0.1, 0.15) is 36.1 Å². The molecule has 0 aliphatic rings. The number of aromatic nitrogens is 3. The second kappa shape index (κ2) is 10.8. The lowest BCUT2D eigenvalue weighted by Gasteiger charge is -2.22. The van der Waals surface area contributed by atoms with Crippen molar-refractivity contribution >= 4 is 52.5 Å². The van der Waals surface area contributed by atoms with E-state index in [1.165, 1.54) is 11.8 Å². The Morgan fingerprint density at radius 3 is 2.53 bits per heavy atom. The first kappa shape index (κ1) is 24.1. The molecule has 2 amide bonds. The highest BCUT2D eigenvalue weighted by Gasteiger charge is 2.26. The van der Waals surface area contributed by atoms with E-state index < -0.39 is 0 Å². The number of nitrogens with zero attached hydrogens (tertiary/aromatic N) is 3. The minimum atomic E-state index is -0.383. The third-order valence-corrected chi connectivity index (χ3v) is 6.24. The molecule has 0 bridgehead atoms. The van der Waals surface area contributed by atoms with Crippen molar-refractivity contribution in [1.29, 1.82) is 0 Å². The fraction of sp³-hybridized carbons (Fsp3) is 0.273. The van der Waals surface area contributed by atoms with Gasteiger partial charge in [-0.25, -0.2) is 0 Å². The van der Waals surface area contributed by atoms with Gasteiger partial charge in [-0.05, 0) is 36.2 Å². The summed E-state index contributed by atoms with van der Waals surface area (Å²) in [7, 11) is 1.81. The molecule has 0 aliphatic carbocycles. The predicted octanol–water partition coefficient (Wildman–Crippen LogP) is 4.98. The summed E-state index contributed by atoms with van der Waals surface area (Å²) in [6.07, 6.45) is 0. The van der Waals surface area contributed by atoms with Crippen LogP contribution in [0, 0.1) is 5.92 Å². The molecule has 0 aliphatic heterocycles. The highest BCUT2D eigenvalue weighted by Crippen LogP contribution is 2.25. The van der Waals surface area contributed by atoms with Crippen LogP contribution in [0.2, 0.25) is 10.0 Å². The van der Waals surface area contributed by atoms with Crippen molar-refractivity contribution in [3.63, 3.8) is 0 Å². The Hall–Kier alpha value is -2.55. The van der Waals surface area contributed by atoms with E-state index in [1.807, 2.05) is 20.9 Å². The second-order valence-corrected chi connectivity index (χ2v) is 9.21. The summed E-state index contributed by atoms with van der Waals surface area (Å²) in [5.74, 6) is 0.324. The van der Waals surface area contributed by atoms with Gasteiger partial charge in [-0.15, -0.1) is 10.2 Å². The van der Waals surface area contributed by atoms with Gasteiger partial charge in [0, 0.05) is 17.8 Å². The number of amides is 2. The lowest BCUT2D eigenvalue weighted by molar-refractivity contribution is -0.113. The largest absolute Gasteiger partial charge is 0.342 e. The van der Waals surface area contributed by atoms with Crippen LogP contribution in [-0.2, 0) is 11.8 Å². The molecule has 2 N–H and O–H groups in total. The van der Waals surface area contributed by atoms with Crippen molar-refractivity contribution in [3.05, 3.63) is 70.0 Å². The van der Waals surface area contributed by atoms with E-state index in [9.17, 15) is 9.59 Å². The summed E-state index contributed by atoms with van der Waals surface area (Å²) >= 11 is 13.4. The van der Waals surface area contributed by atoms with Gasteiger partial charge in [-0.3, -0.25) is 9.59 Å². The highest BCUT2D eigenvalue weighted by atomic mass is 35.5. The molecule has 0 radical (unpaired) electrons. The SMILES string of the molecule is CC(C)[C@@H](NC(=O)c1ccccc1Cl)c1nnc(SCC(=O)Nc2cccc(Cl)c2)n1C. The Balaban J connectivity index is 1.67. The van der Waals surface area contributed by atoms with E-state index in [0.29, 0.717) is 32.3 Å². The molecule has 0 unspecified atom stereocenters. The van der Waals surface area contributed by atoms with Crippen LogP contribution in [0.4, 0.5) is 5.69 Å². The number of halogens is 2. The van der Waals surface area contributed by atoms with Crippen molar-refractivity contribution in [2.24, 2.45) is 13.0 Å². The van der Waals surface area contributed by atoms with Gasteiger partial charge >= 0.3 is 0 Å². The standard InChI is InChI=1S/C22H23Cl2N5O2S/c1-13(2)19(26-21(31)16-9-4-5-10-17(16)24)20-27-28-22(29(20)3)32-12-18(30)25-15-8-6-7-14(23)11-15/h4-11,13,19H,12H2,1-3H3,(H,25,30)(H,26,31)/t19-/m1/s1. The molecule has 1 heterocycles. The monoisotopic (exact) mass is 491 g/mol. The second-order valence-electron chi connectivity index (χ2n) is 7.42. The van der Waals surface area contributed by atoms with Gasteiger partial charge in [0.05, 0.1) is 22.4 Å². The third-order valence-electron chi connectivity index (χ3n) is 4.66. The van der Waals surface area contributed by atoms with Crippen molar-refractivity contribution in [2.75, 3.05) is 11.1 Å². The summed E-state index contributed by atoms with van der Waals surface area (Å²) in [5.41, 5.74) is 1.03. The number of carbonyl (C=O) groups is 2. The molecule has 0 spiro atoms. The number of hydrogen-bond donors (Lipinski definition) is 2. The molecule has 7 nitrogen and oxygen atoms in total. The topological polar surface area (TPSA) is 88.9 Å². The molecule has 1 atom stereocenters. The first-order valence-corrected chi connectivity index (χ1v) is 11.6. The van der Waals surface area contributed by atoms with Gasteiger partial charge in [0.2, 0.25) is 5.91 Å². The normalized spacial score (nSPS) is 11.9. The predicted molar refractivity (Wildman–Crippen MR) is 128 cm³/mol. The zero-order valence-corrected chi connectivity index (χ0v) is 20.1. The van der Waals surface area contributed by atoms with Gasteiger partial charge in [-0.1, -0.05) is 67.0 Å². The molecule has 2 aromatic carbocycles. The Bertz CT molecular complexity index is 1120. The maximum Gasteiger partial charge on any atom is 0.253 e. The first-order chi connectivity index (χ1) is 15.3. The van der Waals surface area contributed by atoms with E-state index in [0.717, 1.165) is 0 Å². The Labute approximate surface area is 200 Å². The van der Waals surface area contributed by atoms with E-state index in [2.05, 4.69) is 20.8 Å². The average molecular weight is 492 g/mol. The minimum Gasteiger partial charge on any atom is -0.342 e. The summed E-state index contributed by atoms with van der Waals surface area (Å²) < 4.78 is 1.79. The van der Waals surface area contributed by atoms with Crippen LogP contribution in [0.3, 0.4) is 0 Å². The van der Waals surface area contributed by atoms with E-state index >= 15 is 0 Å². The molecule has 3 rings (SSSR count). The van der Waals surface area contributed by atoms with Crippen LogP contribution >= 0.6 is 35.0 Å². The number of benzene rings is 2. The highest BCUT2D eigenvalue weighted by molar-refractivity contribution is 7.99. The molecule has 1 aromatic heterocycles. The smallest absolute Gasteiger partial charge is 0.253 e. The molecule has 0 saturated heterocycles. The maximum atomic E-state index is 12.8. The lowest BCUT2D eigenvalue weighted by Crippen LogP contribution is -2.33. The van der Waals surface area contributed by atoms with Gasteiger partial charge in [0.15, 0.2) is 11.0 Å². The fourth-order valence-corrected chi connectivity index (χ4v) is 4.14. The van der Waals surface area contributed by atoms with E-state index in [4.69, 9.17) is 23.2 Å². The van der Waals surface area contributed by atoms with Crippen LogP contribution in [0.5, 0.6) is 0 Å². The number of nitrogens with one attached hydrogen (secondary N) is 2. The van der Waals surface area contributed by atoms with Gasteiger partial charge < -0.3 is 15.2 Å². The summed E-state index contributed by atoms with van der Waals surface area (Å²) in [4.78, 5) is 25.1. The fourth-order valence-electron chi connectivity index (χ4n) is 3.01. The van der Waals surface area contributed by atoms with Gasteiger partial charge in [0.25, 0.3) is 5.91 Å². The number of thioether (sulfide) groups is 1. The molecule has 10 heteroatoms. The molecule has 168 valence electrons.